The van der Waals surface area contributed by atoms with Crippen molar-refractivity contribution in [3.05, 3.63) is 42.5 Å². The van der Waals surface area contributed by atoms with Gasteiger partial charge in [-0.3, -0.25) is 0 Å². The number of sulfone groups is 1. The zero-order chi connectivity index (χ0) is 21.8. The third-order valence-electron chi connectivity index (χ3n) is 4.83. The van der Waals surface area contributed by atoms with Gasteiger partial charge < -0.3 is 23.9 Å². The van der Waals surface area contributed by atoms with Crippen LogP contribution in [0.2, 0.25) is 0 Å². The van der Waals surface area contributed by atoms with Crippen molar-refractivity contribution in [3.63, 3.8) is 0 Å². The Bertz CT molecular complexity index is 1170. The molecule has 1 aromatic heterocycles. The van der Waals surface area contributed by atoms with Gasteiger partial charge in [-0.25, -0.2) is 8.42 Å². The lowest BCUT2D eigenvalue weighted by molar-refractivity contribution is 0.171. The number of nitrogens with zero attached hydrogens (tertiary/aromatic N) is 1. The number of benzene rings is 2. The second-order valence-electron chi connectivity index (χ2n) is 6.94. The zero-order valence-corrected chi connectivity index (χ0v) is 18.2. The molecule has 2 aromatic carbocycles. The molecule has 0 spiro atoms. The van der Waals surface area contributed by atoms with E-state index in [0.29, 0.717) is 42.6 Å². The van der Waals surface area contributed by atoms with Crippen LogP contribution in [0.15, 0.2) is 56.8 Å². The van der Waals surface area contributed by atoms with Gasteiger partial charge in [0.1, 0.15) is 19.0 Å². The summed E-state index contributed by atoms with van der Waals surface area (Å²) in [5.41, 5.74) is 0.562. The summed E-state index contributed by atoms with van der Waals surface area (Å²) in [4.78, 5) is 4.41. The van der Waals surface area contributed by atoms with Gasteiger partial charge in [-0.1, -0.05) is 25.5 Å². The molecule has 8 nitrogen and oxygen atoms in total. The Labute approximate surface area is 181 Å². The lowest BCUT2D eigenvalue weighted by Crippen LogP contribution is -2.16. The van der Waals surface area contributed by atoms with E-state index in [9.17, 15) is 8.42 Å². The second kappa shape index (κ2) is 8.89. The van der Waals surface area contributed by atoms with E-state index in [4.69, 9.17) is 18.6 Å². The van der Waals surface area contributed by atoms with Crippen LogP contribution in [0.25, 0.3) is 11.5 Å². The predicted octanol–water partition coefficient (Wildman–Crippen LogP) is 4.17. The van der Waals surface area contributed by atoms with E-state index in [1.165, 1.54) is 19.2 Å². The van der Waals surface area contributed by atoms with Crippen LogP contribution in [-0.4, -0.2) is 40.3 Å². The molecule has 0 atom stereocenters. The van der Waals surface area contributed by atoms with Gasteiger partial charge in [-0.2, -0.15) is 4.98 Å². The topological polar surface area (TPSA) is 99.9 Å². The van der Waals surface area contributed by atoms with Gasteiger partial charge in [0.2, 0.25) is 26.6 Å². The Balaban J connectivity index is 1.79. The number of hydrogen-bond acceptors (Lipinski definition) is 8. The van der Waals surface area contributed by atoms with E-state index in [1.807, 2.05) is 6.07 Å². The Kier molecular flexibility index (Phi) is 6.03. The summed E-state index contributed by atoms with van der Waals surface area (Å²) < 4.78 is 49.3. The first-order chi connectivity index (χ1) is 15.0. The molecular formula is C22H24N2O6S. The highest BCUT2D eigenvalue weighted by molar-refractivity contribution is 7.91. The molecule has 1 aliphatic rings. The molecule has 2 heterocycles. The zero-order valence-electron chi connectivity index (χ0n) is 17.4. The fraction of sp³-hybridized carbons (Fsp3) is 0.318. The van der Waals surface area contributed by atoms with Crippen molar-refractivity contribution in [3.8, 4) is 28.7 Å². The van der Waals surface area contributed by atoms with Gasteiger partial charge in [0, 0.05) is 12.6 Å². The van der Waals surface area contributed by atoms with Crippen molar-refractivity contribution in [2.24, 2.45) is 0 Å². The molecule has 0 saturated carbocycles. The number of fused-ring (bicyclic) bond motifs is 1. The Morgan fingerprint density at radius 3 is 2.65 bits per heavy atom. The minimum Gasteiger partial charge on any atom is -0.496 e. The molecule has 0 radical (unpaired) electrons. The van der Waals surface area contributed by atoms with Gasteiger partial charge in [0.15, 0.2) is 11.5 Å². The molecule has 3 aromatic rings. The number of rotatable bonds is 8. The van der Waals surface area contributed by atoms with E-state index in [2.05, 4.69) is 17.2 Å². The molecule has 31 heavy (non-hydrogen) atoms. The van der Waals surface area contributed by atoms with Crippen molar-refractivity contribution in [2.45, 2.75) is 29.7 Å². The number of ether oxygens (including phenoxy) is 3. The fourth-order valence-electron chi connectivity index (χ4n) is 3.22. The van der Waals surface area contributed by atoms with Crippen molar-refractivity contribution >= 4 is 15.7 Å². The molecule has 9 heteroatoms. The average molecular weight is 445 g/mol. The van der Waals surface area contributed by atoms with Gasteiger partial charge in [0.05, 0.1) is 17.6 Å². The third-order valence-corrected chi connectivity index (χ3v) is 6.49. The van der Waals surface area contributed by atoms with E-state index in [-0.39, 0.29) is 21.7 Å². The van der Waals surface area contributed by atoms with Gasteiger partial charge in [-0.05, 0) is 30.7 Å². The summed E-state index contributed by atoms with van der Waals surface area (Å²) >= 11 is 0. The predicted molar refractivity (Wildman–Crippen MR) is 115 cm³/mol. The normalized spacial score (nSPS) is 13.1. The summed E-state index contributed by atoms with van der Waals surface area (Å²) in [6, 6.07) is 11.7. The van der Waals surface area contributed by atoms with Crippen LogP contribution in [0.4, 0.5) is 5.88 Å². The second-order valence-corrected chi connectivity index (χ2v) is 8.81. The van der Waals surface area contributed by atoms with Crippen molar-refractivity contribution < 1.29 is 27.0 Å². The Morgan fingerprint density at radius 2 is 1.87 bits per heavy atom. The molecule has 0 amide bonds. The first-order valence-corrected chi connectivity index (χ1v) is 11.6. The highest BCUT2D eigenvalue weighted by Gasteiger charge is 2.30. The molecule has 0 unspecified atom stereocenters. The number of unbranched alkanes of at least 4 members (excludes halogenated alkanes) is 1. The number of hydrogen-bond donors (Lipinski definition) is 1. The molecule has 0 bridgehead atoms. The highest BCUT2D eigenvalue weighted by Crippen LogP contribution is 2.38. The average Bonchev–Trinajstić information content (AvgIpc) is 3.23. The minimum absolute atomic E-state index is 0.0511. The van der Waals surface area contributed by atoms with Crippen LogP contribution in [0.3, 0.4) is 0 Å². The van der Waals surface area contributed by atoms with Crippen LogP contribution < -0.4 is 19.5 Å². The molecule has 1 aliphatic heterocycles. The molecule has 164 valence electrons. The smallest absolute Gasteiger partial charge is 0.233 e. The quantitative estimate of drug-likeness (QED) is 0.517. The number of methoxy groups -OCH3 is 1. The summed E-state index contributed by atoms with van der Waals surface area (Å²) in [7, 11) is -2.45. The number of aromatic nitrogens is 1. The van der Waals surface area contributed by atoms with E-state index in [0.717, 1.165) is 12.8 Å². The molecular weight excluding hydrogens is 420 g/mol. The van der Waals surface area contributed by atoms with Gasteiger partial charge in [-0.15, -0.1) is 0 Å². The molecule has 1 N–H and O–H groups in total. The SMILES string of the molecule is CCCCNc1oc(-c2ccccc2OC)nc1S(=O)(=O)c1ccc2c(c1)OCCO2. The molecule has 0 saturated heterocycles. The maximum absolute atomic E-state index is 13.5. The summed E-state index contributed by atoms with van der Waals surface area (Å²) in [5.74, 6) is 1.70. The highest BCUT2D eigenvalue weighted by atomic mass is 32.2. The van der Waals surface area contributed by atoms with Crippen LogP contribution in [0.1, 0.15) is 19.8 Å². The van der Waals surface area contributed by atoms with E-state index < -0.39 is 9.84 Å². The number of anilines is 1. The number of oxazole rings is 1. The van der Waals surface area contributed by atoms with Crippen molar-refractivity contribution in [1.29, 1.82) is 0 Å². The lowest BCUT2D eigenvalue weighted by atomic mass is 10.2. The van der Waals surface area contributed by atoms with Gasteiger partial charge >= 0.3 is 0 Å². The summed E-state index contributed by atoms with van der Waals surface area (Å²) in [6.45, 7) is 3.40. The van der Waals surface area contributed by atoms with E-state index in [1.54, 1.807) is 24.3 Å². The summed E-state index contributed by atoms with van der Waals surface area (Å²) in [5, 5.41) is 2.90. The number of nitrogens with one attached hydrogen (secondary N) is 1. The maximum atomic E-state index is 13.5. The first kappa shape index (κ1) is 21.0. The minimum atomic E-state index is -3.99. The first-order valence-electron chi connectivity index (χ1n) is 10.1. The lowest BCUT2D eigenvalue weighted by Gasteiger charge is -2.18. The Hall–Kier alpha value is -3.20. The van der Waals surface area contributed by atoms with Crippen molar-refractivity contribution in [1.82, 2.24) is 4.98 Å². The van der Waals surface area contributed by atoms with Gasteiger partial charge in [0.25, 0.3) is 0 Å². The van der Waals surface area contributed by atoms with Crippen LogP contribution in [0.5, 0.6) is 17.2 Å². The number of para-hydroxylation sites is 1. The monoisotopic (exact) mass is 444 g/mol. The third kappa shape index (κ3) is 4.18. The fourth-order valence-corrected chi connectivity index (χ4v) is 4.51. The van der Waals surface area contributed by atoms with Crippen LogP contribution in [0, 0.1) is 0 Å². The maximum Gasteiger partial charge on any atom is 0.233 e. The largest absolute Gasteiger partial charge is 0.496 e. The molecule has 0 aliphatic carbocycles. The summed E-state index contributed by atoms with van der Waals surface area (Å²) in [6.07, 6.45) is 1.80. The van der Waals surface area contributed by atoms with Crippen LogP contribution >= 0.6 is 0 Å². The standard InChI is InChI=1S/C22H24N2O6S/c1-3-4-11-23-21-22(24-20(30-21)16-7-5-6-8-17(16)27-2)31(25,26)15-9-10-18-19(14-15)29-13-12-28-18/h5-10,14,23H,3-4,11-13H2,1-2H3. The van der Waals surface area contributed by atoms with Crippen LogP contribution in [-0.2, 0) is 9.84 Å². The molecule has 0 fully saturated rings. The Morgan fingerprint density at radius 1 is 1.10 bits per heavy atom. The van der Waals surface area contributed by atoms with E-state index >= 15 is 0 Å². The van der Waals surface area contributed by atoms with Crippen molar-refractivity contribution in [2.75, 3.05) is 32.2 Å². The molecule has 4 rings (SSSR count).